The highest BCUT2D eigenvalue weighted by molar-refractivity contribution is 8.30. The molecule has 3 heterocycles. The molecule has 28 heavy (non-hydrogen) atoms. The van der Waals surface area contributed by atoms with Crippen LogP contribution in [0.4, 0.5) is 5.69 Å². The van der Waals surface area contributed by atoms with Crippen molar-refractivity contribution >= 4 is 72.9 Å². The number of thioether (sulfide) groups is 2. The summed E-state index contributed by atoms with van der Waals surface area (Å²) in [5.74, 6) is -0.0902. The number of amides is 1. The summed E-state index contributed by atoms with van der Waals surface area (Å²) in [4.78, 5) is 31.3. The number of unbranched alkanes of at least 4 members (excludes halogenated alkanes) is 1. The molecule has 9 heteroatoms. The predicted molar refractivity (Wildman–Crippen MR) is 123 cm³/mol. The molecule has 1 saturated heterocycles. The number of benzene rings is 1. The van der Waals surface area contributed by atoms with Crippen LogP contribution in [-0.4, -0.2) is 33.3 Å². The first-order valence-electron chi connectivity index (χ1n) is 8.92. The second-order valence-corrected chi connectivity index (χ2v) is 10.2. The lowest BCUT2D eigenvalue weighted by molar-refractivity contribution is -0.120. The molecule has 0 radical (unpaired) electrons. The van der Waals surface area contributed by atoms with Crippen molar-refractivity contribution in [3.63, 3.8) is 0 Å². The maximum atomic E-state index is 13.0. The molecule has 1 aromatic heterocycles. The van der Waals surface area contributed by atoms with E-state index in [4.69, 9.17) is 12.2 Å². The largest absolute Gasteiger partial charge is 0.337 e. The third-order valence-electron chi connectivity index (χ3n) is 4.71. The lowest BCUT2D eigenvalue weighted by atomic mass is 10.3. The summed E-state index contributed by atoms with van der Waals surface area (Å²) in [6.45, 7) is 2.71. The van der Waals surface area contributed by atoms with E-state index in [0.717, 1.165) is 28.5 Å². The third-order valence-corrected chi connectivity index (χ3v) is 8.89. The van der Waals surface area contributed by atoms with Crippen LogP contribution in [0.1, 0.15) is 19.8 Å². The Bertz CT molecular complexity index is 1160. The van der Waals surface area contributed by atoms with Gasteiger partial charge in [-0.2, -0.15) is 0 Å². The second kappa shape index (κ2) is 7.70. The third kappa shape index (κ3) is 3.14. The Hall–Kier alpha value is -1.55. The van der Waals surface area contributed by atoms with Crippen LogP contribution >= 0.6 is 47.1 Å². The molecule has 2 aromatic rings. The van der Waals surface area contributed by atoms with Crippen molar-refractivity contribution in [1.82, 2.24) is 9.47 Å². The topological polar surface area (TPSA) is 45.6 Å². The van der Waals surface area contributed by atoms with Gasteiger partial charge in [0.1, 0.15) is 23.4 Å². The fraction of sp³-hybridized carbons (Fsp3) is 0.316. The summed E-state index contributed by atoms with van der Waals surface area (Å²) in [5.41, 5.74) is 1.01. The number of hydrogen-bond acceptors (Lipinski definition) is 7. The van der Waals surface area contributed by atoms with Crippen molar-refractivity contribution in [2.75, 3.05) is 18.5 Å². The molecule has 0 aliphatic carbocycles. The smallest absolute Gasteiger partial charge is 0.271 e. The Morgan fingerprint density at radius 2 is 1.86 bits per heavy atom. The van der Waals surface area contributed by atoms with Crippen molar-refractivity contribution in [1.29, 1.82) is 0 Å². The fourth-order valence-electron chi connectivity index (χ4n) is 3.12. The number of fused-ring (bicyclic) bond motifs is 1. The normalized spacial score (nSPS) is 20.4. The van der Waals surface area contributed by atoms with Crippen LogP contribution in [0.25, 0.3) is 9.93 Å². The van der Waals surface area contributed by atoms with E-state index in [9.17, 15) is 9.59 Å². The van der Waals surface area contributed by atoms with Gasteiger partial charge in [-0.15, -0.1) is 11.3 Å². The predicted octanol–water partition coefficient (Wildman–Crippen LogP) is 2.52. The molecule has 0 atom stereocenters. The van der Waals surface area contributed by atoms with Crippen LogP contribution in [-0.2, 0) is 11.8 Å². The molecule has 0 N–H and O–H groups in total. The van der Waals surface area contributed by atoms with Gasteiger partial charge in [0.25, 0.3) is 11.5 Å². The number of hydrogen-bond donors (Lipinski definition) is 0. The number of para-hydroxylation sites is 1. The minimum absolute atomic E-state index is 0.0824. The standard InChI is InChI=1S/C19H19N3O2S4/c1-4-5-10-22-16(24)14(28-19(22)25)18-21(3)15(23)13(27-18)17-20(2)11-8-6-7-9-12(11)26-17/h6-9H,4-5,10H2,1-3H3/b17-13-,18-14-. The van der Waals surface area contributed by atoms with Crippen molar-refractivity contribution in [2.24, 2.45) is 7.05 Å². The summed E-state index contributed by atoms with van der Waals surface area (Å²) >= 11 is 9.67. The molecule has 4 rings (SSSR count). The summed E-state index contributed by atoms with van der Waals surface area (Å²) in [5, 5.41) is 0.902. The van der Waals surface area contributed by atoms with Gasteiger partial charge in [0.2, 0.25) is 0 Å². The number of aromatic nitrogens is 1. The van der Waals surface area contributed by atoms with Crippen molar-refractivity contribution in [3.05, 3.63) is 43.8 Å². The van der Waals surface area contributed by atoms with Gasteiger partial charge in [-0.3, -0.25) is 14.5 Å². The number of anilines is 1. The molecule has 2 aliphatic heterocycles. The number of thiazole rings is 1. The van der Waals surface area contributed by atoms with Crippen LogP contribution in [0.15, 0.2) is 34.0 Å². The minimum Gasteiger partial charge on any atom is -0.337 e. The van der Waals surface area contributed by atoms with Crippen LogP contribution in [0.2, 0.25) is 0 Å². The number of nitrogens with zero attached hydrogens (tertiary/aromatic N) is 3. The SMILES string of the molecule is CCCCN1C(=O)/C(=c2/s/c(=C3\Sc4ccccc4N3C)c(=O)n2C)SC1=S. The zero-order chi connectivity index (χ0) is 20.0. The molecule has 0 spiro atoms. The monoisotopic (exact) mass is 449 g/mol. The Kier molecular flexibility index (Phi) is 5.43. The maximum absolute atomic E-state index is 13.0. The first-order valence-corrected chi connectivity index (χ1v) is 11.8. The van der Waals surface area contributed by atoms with Crippen molar-refractivity contribution in [3.8, 4) is 0 Å². The zero-order valence-corrected chi connectivity index (χ0v) is 19.0. The number of rotatable bonds is 3. The molecule has 0 bridgehead atoms. The first kappa shape index (κ1) is 19.8. The Labute approximate surface area is 180 Å². The van der Waals surface area contributed by atoms with Gasteiger partial charge >= 0.3 is 0 Å². The maximum Gasteiger partial charge on any atom is 0.271 e. The van der Waals surface area contributed by atoms with Gasteiger partial charge in [0.15, 0.2) is 0 Å². The van der Waals surface area contributed by atoms with Crippen molar-refractivity contribution in [2.45, 2.75) is 24.7 Å². The van der Waals surface area contributed by atoms with Gasteiger partial charge < -0.3 is 9.47 Å². The minimum atomic E-state index is -0.0902. The number of thiocarbonyl (C=S) groups is 1. The highest BCUT2D eigenvalue weighted by atomic mass is 32.2. The Morgan fingerprint density at radius 1 is 1.11 bits per heavy atom. The van der Waals surface area contributed by atoms with Crippen LogP contribution in [0.3, 0.4) is 0 Å². The highest BCUT2D eigenvalue weighted by Crippen LogP contribution is 2.45. The molecule has 5 nitrogen and oxygen atoms in total. The van der Waals surface area contributed by atoms with E-state index in [0.29, 0.717) is 25.0 Å². The van der Waals surface area contributed by atoms with Crippen LogP contribution < -0.4 is 19.7 Å². The molecule has 1 amide bonds. The average Bonchev–Trinajstić information content (AvgIpc) is 3.27. The summed E-state index contributed by atoms with van der Waals surface area (Å²) < 4.78 is 3.48. The highest BCUT2D eigenvalue weighted by Gasteiger charge is 2.33. The van der Waals surface area contributed by atoms with Gasteiger partial charge in [0.05, 0.1) is 5.69 Å². The van der Waals surface area contributed by atoms with Crippen LogP contribution in [0.5, 0.6) is 0 Å². The quantitative estimate of drug-likeness (QED) is 0.671. The number of carbonyl (C=O) groups is 1. The Balaban J connectivity index is 1.86. The molecular formula is C19H19N3O2S4. The summed E-state index contributed by atoms with van der Waals surface area (Å²) in [6.07, 6.45) is 1.91. The van der Waals surface area contributed by atoms with E-state index in [1.807, 2.05) is 30.1 Å². The summed E-state index contributed by atoms with van der Waals surface area (Å²) in [6, 6.07) is 8.09. The van der Waals surface area contributed by atoms with E-state index in [2.05, 4.69) is 13.0 Å². The molecular weight excluding hydrogens is 430 g/mol. The van der Waals surface area contributed by atoms with E-state index >= 15 is 0 Å². The van der Waals surface area contributed by atoms with Gasteiger partial charge in [-0.1, -0.05) is 61.2 Å². The fourth-order valence-corrected chi connectivity index (χ4v) is 7.05. The van der Waals surface area contributed by atoms with E-state index in [1.165, 1.54) is 23.1 Å². The lowest BCUT2D eigenvalue weighted by Gasteiger charge is -2.12. The molecule has 1 fully saturated rings. The second-order valence-electron chi connectivity index (χ2n) is 6.54. The molecule has 1 aromatic carbocycles. The molecule has 2 aliphatic rings. The van der Waals surface area contributed by atoms with Crippen LogP contribution in [0, 0.1) is 0 Å². The van der Waals surface area contributed by atoms with E-state index in [-0.39, 0.29) is 11.5 Å². The van der Waals surface area contributed by atoms with Crippen molar-refractivity contribution < 1.29 is 4.79 Å². The lowest BCUT2D eigenvalue weighted by Crippen LogP contribution is -2.33. The number of carbonyl (C=O) groups excluding carboxylic acids is 1. The summed E-state index contributed by atoms with van der Waals surface area (Å²) in [7, 11) is 3.70. The van der Waals surface area contributed by atoms with Gasteiger partial charge in [0, 0.05) is 25.5 Å². The zero-order valence-electron chi connectivity index (χ0n) is 15.7. The van der Waals surface area contributed by atoms with E-state index in [1.54, 1.807) is 28.3 Å². The molecule has 0 unspecified atom stereocenters. The molecule has 0 saturated carbocycles. The molecule has 146 valence electrons. The van der Waals surface area contributed by atoms with Gasteiger partial charge in [-0.25, -0.2) is 0 Å². The van der Waals surface area contributed by atoms with Gasteiger partial charge in [-0.05, 0) is 18.6 Å². The Morgan fingerprint density at radius 3 is 2.57 bits per heavy atom. The first-order chi connectivity index (χ1) is 13.4. The average molecular weight is 450 g/mol. The van der Waals surface area contributed by atoms with E-state index < -0.39 is 0 Å².